The average molecular weight is 403 g/mol. The summed E-state index contributed by atoms with van der Waals surface area (Å²) in [7, 11) is 0. The maximum Gasteiger partial charge on any atom is 1.00 e. The number of ether oxygens (including phenoxy) is 1. The van der Waals surface area contributed by atoms with E-state index in [-0.39, 0.29) is 49.0 Å². The molecule has 1 unspecified atom stereocenters. The Hall–Kier alpha value is -1.44. The zero-order valence-electron chi connectivity index (χ0n) is 17.4. The average Bonchev–Trinajstić information content (AvgIpc) is 2.61. The van der Waals surface area contributed by atoms with Crippen molar-refractivity contribution in [2.45, 2.75) is 71.8 Å². The SMILES string of the molecule is C/C=C/CCCC(=O)N(C(=O)CCC/C=C/C)C(CC(=O)[O-])C(=O)OCC.[Na+]. The number of hydrogen-bond donors (Lipinski definition) is 0. The van der Waals surface area contributed by atoms with Gasteiger partial charge in [0.15, 0.2) is 0 Å². The summed E-state index contributed by atoms with van der Waals surface area (Å²) in [4.78, 5) is 49.3. The molecule has 2 amide bonds. The number of imide groups is 1. The first kappa shape index (κ1) is 28.8. The van der Waals surface area contributed by atoms with Crippen molar-refractivity contribution < 1.29 is 58.6 Å². The molecule has 28 heavy (non-hydrogen) atoms. The van der Waals surface area contributed by atoms with Gasteiger partial charge in [-0.15, -0.1) is 0 Å². The molecule has 8 heteroatoms. The van der Waals surface area contributed by atoms with Gasteiger partial charge < -0.3 is 14.6 Å². The fraction of sp³-hybridized carbons (Fsp3) is 0.600. The van der Waals surface area contributed by atoms with Crippen molar-refractivity contribution >= 4 is 23.8 Å². The van der Waals surface area contributed by atoms with Crippen LogP contribution in [0, 0.1) is 0 Å². The van der Waals surface area contributed by atoms with Crippen molar-refractivity contribution in [2.75, 3.05) is 6.61 Å². The van der Waals surface area contributed by atoms with Crippen LogP contribution in [0.3, 0.4) is 0 Å². The quantitative estimate of drug-likeness (QED) is 0.168. The fourth-order valence-corrected chi connectivity index (χ4v) is 2.48. The maximum absolute atomic E-state index is 12.6. The number of carbonyl (C=O) groups excluding carboxylic acids is 4. The molecule has 0 aromatic carbocycles. The fourth-order valence-electron chi connectivity index (χ4n) is 2.48. The van der Waals surface area contributed by atoms with E-state index >= 15 is 0 Å². The van der Waals surface area contributed by atoms with Gasteiger partial charge in [0.1, 0.15) is 6.04 Å². The van der Waals surface area contributed by atoms with E-state index in [9.17, 15) is 24.3 Å². The second-order valence-electron chi connectivity index (χ2n) is 5.92. The molecule has 0 saturated carbocycles. The number of aliphatic carboxylic acids is 1. The van der Waals surface area contributed by atoms with Gasteiger partial charge in [0.05, 0.1) is 6.61 Å². The van der Waals surface area contributed by atoms with Crippen LogP contribution in [0.15, 0.2) is 24.3 Å². The molecule has 1 atom stereocenters. The molecule has 0 aromatic heterocycles. The summed E-state index contributed by atoms with van der Waals surface area (Å²) < 4.78 is 4.87. The van der Waals surface area contributed by atoms with Crippen LogP contribution in [0.2, 0.25) is 0 Å². The predicted molar refractivity (Wildman–Crippen MR) is 99.2 cm³/mol. The number of amides is 2. The molecule has 0 N–H and O–H groups in total. The third-order valence-electron chi connectivity index (χ3n) is 3.76. The Labute approximate surface area is 189 Å². The Morgan fingerprint density at radius 1 is 0.964 bits per heavy atom. The van der Waals surface area contributed by atoms with Crippen LogP contribution in [0.4, 0.5) is 0 Å². The van der Waals surface area contributed by atoms with Crippen LogP contribution in [0.1, 0.15) is 65.7 Å². The van der Waals surface area contributed by atoms with Crippen LogP contribution < -0.4 is 34.7 Å². The van der Waals surface area contributed by atoms with Crippen molar-refractivity contribution in [3.8, 4) is 0 Å². The molecule has 0 heterocycles. The van der Waals surface area contributed by atoms with Gasteiger partial charge in [-0.05, 0) is 46.5 Å². The summed E-state index contributed by atoms with van der Waals surface area (Å²) in [5, 5.41) is 11.1. The van der Waals surface area contributed by atoms with Gasteiger partial charge in [0.2, 0.25) is 11.8 Å². The number of carboxylic acid groups (broad SMARTS) is 1. The van der Waals surface area contributed by atoms with Gasteiger partial charge >= 0.3 is 35.5 Å². The van der Waals surface area contributed by atoms with E-state index in [0.717, 1.165) is 4.90 Å². The van der Waals surface area contributed by atoms with Gasteiger partial charge in [-0.3, -0.25) is 14.5 Å². The predicted octanol–water partition coefficient (Wildman–Crippen LogP) is -1.09. The number of nitrogens with zero attached hydrogens (tertiary/aromatic N) is 1. The standard InChI is InChI=1S/C20H31NO6.Na/c1-4-7-9-11-13-17(22)21(18(23)14-12-10-8-5-2)16(15-19(24)25)20(26)27-6-3;/h4-5,7-8,16H,6,9-15H2,1-3H3,(H,24,25);/q;+1/p-1/b7-4+,8-5+;. The van der Waals surface area contributed by atoms with Crippen molar-refractivity contribution in [1.82, 2.24) is 4.90 Å². The van der Waals surface area contributed by atoms with Crippen LogP contribution in [-0.4, -0.2) is 41.3 Å². The number of hydrogen-bond acceptors (Lipinski definition) is 6. The second-order valence-corrected chi connectivity index (χ2v) is 5.92. The molecule has 0 bridgehead atoms. The van der Waals surface area contributed by atoms with E-state index in [1.807, 2.05) is 38.2 Å². The topological polar surface area (TPSA) is 104 Å². The van der Waals surface area contributed by atoms with Crippen molar-refractivity contribution in [1.29, 1.82) is 0 Å². The van der Waals surface area contributed by atoms with E-state index in [1.54, 1.807) is 6.92 Å². The molecule has 0 saturated heterocycles. The third-order valence-corrected chi connectivity index (χ3v) is 3.76. The number of carboxylic acids is 1. The van der Waals surface area contributed by atoms with E-state index in [4.69, 9.17) is 4.74 Å². The molecule has 0 fully saturated rings. The number of allylic oxidation sites excluding steroid dienone is 4. The number of rotatable bonds is 13. The second kappa shape index (κ2) is 17.6. The van der Waals surface area contributed by atoms with Crippen LogP contribution in [0.5, 0.6) is 0 Å². The Kier molecular flexibility index (Phi) is 18.1. The zero-order chi connectivity index (χ0) is 20.7. The molecular formula is C20H30NNaO6. The van der Waals surface area contributed by atoms with Gasteiger partial charge in [-0.1, -0.05) is 24.3 Å². The van der Waals surface area contributed by atoms with Gasteiger partial charge in [0.25, 0.3) is 0 Å². The van der Waals surface area contributed by atoms with E-state index in [1.165, 1.54) is 0 Å². The molecule has 0 aromatic rings. The largest absolute Gasteiger partial charge is 1.00 e. The molecule has 0 spiro atoms. The summed E-state index contributed by atoms with van der Waals surface area (Å²) in [5.74, 6) is -3.59. The number of carbonyl (C=O) groups is 4. The van der Waals surface area contributed by atoms with Gasteiger partial charge in [-0.25, -0.2) is 4.79 Å². The maximum atomic E-state index is 12.6. The van der Waals surface area contributed by atoms with Crippen molar-refractivity contribution in [3.05, 3.63) is 24.3 Å². The smallest absolute Gasteiger partial charge is 0.550 e. The van der Waals surface area contributed by atoms with E-state index in [2.05, 4.69) is 0 Å². The Balaban J connectivity index is 0. The molecule has 0 aliphatic heterocycles. The van der Waals surface area contributed by atoms with Crippen molar-refractivity contribution in [2.24, 2.45) is 0 Å². The first-order chi connectivity index (χ1) is 12.9. The third kappa shape index (κ3) is 12.1. The summed E-state index contributed by atoms with van der Waals surface area (Å²) in [5.41, 5.74) is 0. The summed E-state index contributed by atoms with van der Waals surface area (Å²) in [6.07, 6.45) is 9.06. The molecule has 0 rings (SSSR count). The molecule has 0 aliphatic rings. The van der Waals surface area contributed by atoms with E-state index in [0.29, 0.717) is 25.7 Å². The normalized spacial score (nSPS) is 11.8. The minimum atomic E-state index is -1.53. The summed E-state index contributed by atoms with van der Waals surface area (Å²) in [6.45, 7) is 5.30. The van der Waals surface area contributed by atoms with Crippen LogP contribution >= 0.6 is 0 Å². The van der Waals surface area contributed by atoms with Crippen LogP contribution in [-0.2, 0) is 23.9 Å². The van der Waals surface area contributed by atoms with Crippen LogP contribution in [0.25, 0.3) is 0 Å². The first-order valence-electron chi connectivity index (χ1n) is 9.32. The summed E-state index contributed by atoms with van der Waals surface area (Å²) in [6, 6.07) is -1.50. The van der Waals surface area contributed by atoms with Gasteiger partial charge in [-0.2, -0.15) is 0 Å². The zero-order valence-corrected chi connectivity index (χ0v) is 19.4. The van der Waals surface area contributed by atoms with E-state index < -0.39 is 36.2 Å². The minimum absolute atomic E-state index is 0. The molecule has 0 aliphatic carbocycles. The Morgan fingerprint density at radius 2 is 1.43 bits per heavy atom. The number of esters is 1. The molecular weight excluding hydrogens is 373 g/mol. The molecule has 7 nitrogen and oxygen atoms in total. The van der Waals surface area contributed by atoms with Gasteiger partial charge in [0, 0.05) is 25.2 Å². The molecule has 152 valence electrons. The number of unbranched alkanes of at least 4 members (excludes halogenated alkanes) is 2. The van der Waals surface area contributed by atoms with Crippen molar-refractivity contribution in [3.63, 3.8) is 0 Å². The Bertz CT molecular complexity index is 529. The Morgan fingerprint density at radius 3 is 1.79 bits per heavy atom. The first-order valence-corrected chi connectivity index (χ1v) is 9.32. The minimum Gasteiger partial charge on any atom is -0.550 e. The summed E-state index contributed by atoms with van der Waals surface area (Å²) >= 11 is 0. The molecule has 0 radical (unpaired) electrons. The monoisotopic (exact) mass is 403 g/mol.